The molecule has 2 unspecified atom stereocenters. The van der Waals surface area contributed by atoms with E-state index in [-0.39, 0.29) is 12.1 Å². The summed E-state index contributed by atoms with van der Waals surface area (Å²) in [4.78, 5) is 2.51. The Morgan fingerprint density at radius 2 is 2.00 bits per heavy atom. The van der Waals surface area contributed by atoms with E-state index in [0.29, 0.717) is 5.92 Å². The predicted molar refractivity (Wildman–Crippen MR) is 85.6 cm³/mol. The molecule has 4 nitrogen and oxygen atoms in total. The van der Waals surface area contributed by atoms with Crippen molar-refractivity contribution in [1.29, 1.82) is 0 Å². The third-order valence-corrected chi connectivity index (χ3v) is 4.38. The third-order valence-electron chi connectivity index (χ3n) is 4.38. The van der Waals surface area contributed by atoms with Gasteiger partial charge in [-0.2, -0.15) is 0 Å². The first-order valence-electron chi connectivity index (χ1n) is 7.78. The van der Waals surface area contributed by atoms with E-state index in [0.717, 1.165) is 25.4 Å². The average molecular weight is 292 g/mol. The third kappa shape index (κ3) is 4.19. The van der Waals surface area contributed by atoms with Crippen LogP contribution in [0.3, 0.4) is 0 Å². The van der Waals surface area contributed by atoms with Crippen molar-refractivity contribution in [3.8, 4) is 5.75 Å². The molecule has 2 rings (SSSR count). The van der Waals surface area contributed by atoms with Crippen molar-refractivity contribution < 1.29 is 9.47 Å². The monoisotopic (exact) mass is 292 g/mol. The number of ether oxygens (including phenoxy) is 2. The maximum Gasteiger partial charge on any atom is 0.119 e. The van der Waals surface area contributed by atoms with Gasteiger partial charge < -0.3 is 15.2 Å². The second-order valence-corrected chi connectivity index (χ2v) is 6.02. The maximum absolute atomic E-state index is 6.28. The SMILES string of the molecule is COCC1CCN(C(c2cccc(OC)c2)C(C)N)CC1. The van der Waals surface area contributed by atoms with Crippen molar-refractivity contribution in [3.05, 3.63) is 29.8 Å². The maximum atomic E-state index is 6.28. The Kier molecular flexibility index (Phi) is 6.03. The molecule has 1 saturated heterocycles. The number of rotatable bonds is 6. The van der Waals surface area contributed by atoms with E-state index >= 15 is 0 Å². The lowest BCUT2D eigenvalue weighted by molar-refractivity contribution is 0.0735. The van der Waals surface area contributed by atoms with Gasteiger partial charge >= 0.3 is 0 Å². The van der Waals surface area contributed by atoms with Crippen LogP contribution in [0.1, 0.15) is 31.4 Å². The largest absolute Gasteiger partial charge is 0.497 e. The number of nitrogens with two attached hydrogens (primary N) is 1. The number of nitrogens with zero attached hydrogens (tertiary/aromatic N) is 1. The highest BCUT2D eigenvalue weighted by Gasteiger charge is 2.28. The summed E-state index contributed by atoms with van der Waals surface area (Å²) in [6.45, 7) is 5.12. The van der Waals surface area contributed by atoms with Crippen LogP contribution in [0.5, 0.6) is 5.75 Å². The molecule has 1 aliphatic rings. The highest BCUT2D eigenvalue weighted by atomic mass is 16.5. The van der Waals surface area contributed by atoms with Crippen LogP contribution in [-0.4, -0.2) is 44.9 Å². The normalized spacial score (nSPS) is 20.2. The molecule has 0 amide bonds. The Hall–Kier alpha value is -1.10. The van der Waals surface area contributed by atoms with Crippen molar-refractivity contribution in [3.63, 3.8) is 0 Å². The predicted octanol–water partition coefficient (Wildman–Crippen LogP) is 2.44. The molecule has 118 valence electrons. The highest BCUT2D eigenvalue weighted by Crippen LogP contribution is 2.30. The fourth-order valence-electron chi connectivity index (χ4n) is 3.31. The molecule has 2 N–H and O–H groups in total. The van der Waals surface area contributed by atoms with Gasteiger partial charge in [-0.1, -0.05) is 12.1 Å². The van der Waals surface area contributed by atoms with Gasteiger partial charge in [0, 0.05) is 25.8 Å². The quantitative estimate of drug-likeness (QED) is 0.875. The number of hydrogen-bond donors (Lipinski definition) is 1. The number of methoxy groups -OCH3 is 2. The van der Waals surface area contributed by atoms with Crippen molar-refractivity contribution in [2.24, 2.45) is 11.7 Å². The van der Waals surface area contributed by atoms with Crippen LogP contribution in [0.2, 0.25) is 0 Å². The van der Waals surface area contributed by atoms with Crippen molar-refractivity contribution in [2.75, 3.05) is 33.9 Å². The van der Waals surface area contributed by atoms with Crippen molar-refractivity contribution in [2.45, 2.75) is 31.8 Å². The van der Waals surface area contributed by atoms with E-state index in [2.05, 4.69) is 24.0 Å². The first-order chi connectivity index (χ1) is 10.2. The molecule has 1 heterocycles. The average Bonchev–Trinajstić information content (AvgIpc) is 2.49. The number of likely N-dealkylation sites (tertiary alicyclic amines) is 1. The molecule has 0 spiro atoms. The molecule has 0 radical (unpaired) electrons. The van der Waals surface area contributed by atoms with E-state index in [1.54, 1.807) is 14.2 Å². The summed E-state index contributed by atoms with van der Waals surface area (Å²) in [6.07, 6.45) is 2.36. The standard InChI is InChI=1S/C17H28N2O2/c1-13(18)17(15-5-4-6-16(11-15)21-3)19-9-7-14(8-10-19)12-20-2/h4-6,11,13-14,17H,7-10,12,18H2,1-3H3. The molecule has 21 heavy (non-hydrogen) atoms. The summed E-state index contributed by atoms with van der Waals surface area (Å²) in [7, 11) is 3.49. The second kappa shape index (κ2) is 7.78. The molecule has 0 aliphatic carbocycles. The van der Waals surface area contributed by atoms with Crippen LogP contribution in [0.15, 0.2) is 24.3 Å². The van der Waals surface area contributed by atoms with E-state index in [1.165, 1.54) is 18.4 Å². The van der Waals surface area contributed by atoms with Crippen LogP contribution in [0.4, 0.5) is 0 Å². The van der Waals surface area contributed by atoms with Gasteiger partial charge in [-0.05, 0) is 56.5 Å². The smallest absolute Gasteiger partial charge is 0.119 e. The molecule has 2 atom stereocenters. The zero-order valence-corrected chi connectivity index (χ0v) is 13.4. The lowest BCUT2D eigenvalue weighted by atomic mass is 9.92. The van der Waals surface area contributed by atoms with Crippen LogP contribution in [0, 0.1) is 5.92 Å². The minimum atomic E-state index is 0.0936. The van der Waals surface area contributed by atoms with Gasteiger partial charge in [-0.15, -0.1) is 0 Å². The summed E-state index contributed by atoms with van der Waals surface area (Å²) in [5.74, 6) is 1.58. The molecule has 0 aromatic heterocycles. The van der Waals surface area contributed by atoms with Crippen LogP contribution >= 0.6 is 0 Å². The number of piperidine rings is 1. The van der Waals surface area contributed by atoms with Gasteiger partial charge in [0.25, 0.3) is 0 Å². The Bertz CT molecular complexity index is 429. The van der Waals surface area contributed by atoms with Gasteiger partial charge in [0.1, 0.15) is 5.75 Å². The fourth-order valence-corrected chi connectivity index (χ4v) is 3.31. The molecule has 4 heteroatoms. The van der Waals surface area contributed by atoms with Crippen LogP contribution < -0.4 is 10.5 Å². The van der Waals surface area contributed by atoms with Crippen molar-refractivity contribution >= 4 is 0 Å². The van der Waals surface area contributed by atoms with Crippen LogP contribution in [0.25, 0.3) is 0 Å². The number of benzene rings is 1. The topological polar surface area (TPSA) is 47.7 Å². The Morgan fingerprint density at radius 1 is 1.29 bits per heavy atom. The lowest BCUT2D eigenvalue weighted by Gasteiger charge is -2.39. The molecular formula is C17H28N2O2. The fraction of sp³-hybridized carbons (Fsp3) is 0.647. The Morgan fingerprint density at radius 3 is 2.57 bits per heavy atom. The molecule has 1 fully saturated rings. The van der Waals surface area contributed by atoms with Gasteiger partial charge in [0.2, 0.25) is 0 Å². The molecule has 1 aliphatic heterocycles. The summed E-state index contributed by atoms with van der Waals surface area (Å²) < 4.78 is 10.6. The zero-order valence-electron chi connectivity index (χ0n) is 13.4. The molecule has 0 saturated carbocycles. The summed E-state index contributed by atoms with van der Waals surface area (Å²) >= 11 is 0. The molecule has 1 aromatic carbocycles. The summed E-state index contributed by atoms with van der Waals surface area (Å²) in [5.41, 5.74) is 7.52. The number of hydrogen-bond acceptors (Lipinski definition) is 4. The van der Waals surface area contributed by atoms with Gasteiger partial charge in [0.15, 0.2) is 0 Å². The second-order valence-electron chi connectivity index (χ2n) is 6.02. The first-order valence-corrected chi connectivity index (χ1v) is 7.78. The molecular weight excluding hydrogens is 264 g/mol. The molecule has 1 aromatic rings. The van der Waals surface area contributed by atoms with Crippen LogP contribution in [-0.2, 0) is 4.74 Å². The van der Waals surface area contributed by atoms with Gasteiger partial charge in [0.05, 0.1) is 7.11 Å². The van der Waals surface area contributed by atoms with Gasteiger partial charge in [-0.3, -0.25) is 4.90 Å². The summed E-state index contributed by atoms with van der Waals surface area (Å²) in [6, 6.07) is 8.63. The summed E-state index contributed by atoms with van der Waals surface area (Å²) in [5, 5.41) is 0. The van der Waals surface area contributed by atoms with Crippen molar-refractivity contribution in [1.82, 2.24) is 4.90 Å². The minimum Gasteiger partial charge on any atom is -0.497 e. The van der Waals surface area contributed by atoms with E-state index < -0.39 is 0 Å². The molecule has 0 bridgehead atoms. The Balaban J connectivity index is 2.09. The highest BCUT2D eigenvalue weighted by molar-refractivity contribution is 5.31. The van der Waals surface area contributed by atoms with E-state index in [9.17, 15) is 0 Å². The van der Waals surface area contributed by atoms with Gasteiger partial charge in [-0.25, -0.2) is 0 Å². The van der Waals surface area contributed by atoms with E-state index in [4.69, 9.17) is 15.2 Å². The Labute approximate surface area is 128 Å². The van der Waals surface area contributed by atoms with E-state index in [1.807, 2.05) is 12.1 Å². The minimum absolute atomic E-state index is 0.0936. The first kappa shape index (κ1) is 16.3. The zero-order chi connectivity index (χ0) is 15.2. The lowest BCUT2D eigenvalue weighted by Crippen LogP contribution is -2.44.